The second-order valence-corrected chi connectivity index (χ2v) is 13.4. The standard InChI is InChI=1S/C37H42FN5O5/c1-41-12-4-7-24(41)9-11-40-37(45)28-21-43-30-19-26-25-8-3-2-6-23(25)22-47-31(26)20-32(30)48-36-33(29(38)18-27(34(36)43)35(28)44)39-10-5-13-42-14-16-46-17-15-42/h2,6,18-21,24,39H,3-5,7-17,22H2,1H3,(H,40,45). The lowest BCUT2D eigenvalue weighted by Gasteiger charge is -2.30. The van der Waals surface area contributed by atoms with Gasteiger partial charge in [-0.2, -0.15) is 0 Å². The van der Waals surface area contributed by atoms with Crippen LogP contribution in [0.15, 0.2) is 46.9 Å². The van der Waals surface area contributed by atoms with Crippen molar-refractivity contribution in [2.24, 2.45) is 0 Å². The van der Waals surface area contributed by atoms with Crippen LogP contribution in [-0.2, 0) is 4.74 Å². The van der Waals surface area contributed by atoms with Gasteiger partial charge in [-0.25, -0.2) is 4.39 Å². The van der Waals surface area contributed by atoms with E-state index in [0.29, 0.717) is 48.4 Å². The minimum atomic E-state index is -0.601. The lowest BCUT2D eigenvalue weighted by molar-refractivity contribution is 0.0378. The SMILES string of the molecule is CN1CCCC1CCNC(=O)c1cn2c3c(c(NCCCN4CCOCC4)c(F)cc3c1=O)Oc1cc3c(cc1-2)C1=C(C=CCC1)CO3. The molecule has 3 aromatic rings. The average molecular weight is 656 g/mol. The Morgan fingerprint density at radius 1 is 1.10 bits per heavy atom. The van der Waals surface area contributed by atoms with E-state index in [2.05, 4.69) is 39.6 Å². The molecule has 1 unspecified atom stereocenters. The summed E-state index contributed by atoms with van der Waals surface area (Å²) in [5.41, 5.74) is 4.09. The lowest BCUT2D eigenvalue weighted by Crippen LogP contribution is -2.37. The number of rotatable bonds is 9. The molecule has 0 bridgehead atoms. The Kier molecular flexibility index (Phi) is 8.44. The summed E-state index contributed by atoms with van der Waals surface area (Å²) < 4.78 is 35.9. The number of nitrogens with zero attached hydrogens (tertiary/aromatic N) is 3. The van der Waals surface area contributed by atoms with Gasteiger partial charge in [0.05, 0.1) is 24.3 Å². The van der Waals surface area contributed by atoms with E-state index in [1.165, 1.54) is 11.6 Å². The number of morpholine rings is 1. The van der Waals surface area contributed by atoms with Crippen LogP contribution in [0.2, 0.25) is 0 Å². The van der Waals surface area contributed by atoms with Crippen molar-refractivity contribution in [2.45, 2.75) is 44.6 Å². The Bertz CT molecular complexity index is 1900. The highest BCUT2D eigenvalue weighted by Gasteiger charge is 2.31. The molecule has 1 aliphatic carbocycles. The van der Waals surface area contributed by atoms with Gasteiger partial charge < -0.3 is 34.3 Å². The number of benzene rings is 2. The van der Waals surface area contributed by atoms with Crippen LogP contribution in [0.5, 0.6) is 17.2 Å². The summed E-state index contributed by atoms with van der Waals surface area (Å²) in [5.74, 6) is 0.341. The Balaban J connectivity index is 1.18. The maximum Gasteiger partial charge on any atom is 0.256 e. The minimum Gasteiger partial charge on any atom is -0.488 e. The van der Waals surface area contributed by atoms with Gasteiger partial charge in [0.2, 0.25) is 5.43 Å². The number of allylic oxidation sites excluding steroid dienone is 2. The quantitative estimate of drug-likeness (QED) is 0.241. The fourth-order valence-corrected chi connectivity index (χ4v) is 7.77. The Morgan fingerprint density at radius 2 is 1.98 bits per heavy atom. The van der Waals surface area contributed by atoms with Crippen molar-refractivity contribution >= 4 is 28.1 Å². The van der Waals surface area contributed by atoms with E-state index in [0.717, 1.165) is 89.1 Å². The number of hydrogen-bond acceptors (Lipinski definition) is 8. The maximum absolute atomic E-state index is 16.0. The van der Waals surface area contributed by atoms with Crippen molar-refractivity contribution in [3.8, 4) is 22.9 Å². The van der Waals surface area contributed by atoms with E-state index in [9.17, 15) is 9.59 Å². The smallest absolute Gasteiger partial charge is 0.256 e. The van der Waals surface area contributed by atoms with Gasteiger partial charge in [-0.05, 0) is 81.9 Å². The summed E-state index contributed by atoms with van der Waals surface area (Å²) >= 11 is 0. The van der Waals surface area contributed by atoms with Crippen LogP contribution < -0.4 is 25.5 Å². The Hall–Kier alpha value is -4.19. The number of carbonyl (C=O) groups is 1. The maximum atomic E-state index is 16.0. The molecule has 5 heterocycles. The molecule has 48 heavy (non-hydrogen) atoms. The van der Waals surface area contributed by atoms with Crippen LogP contribution in [0, 0.1) is 5.82 Å². The van der Waals surface area contributed by atoms with E-state index < -0.39 is 17.2 Å². The second-order valence-electron chi connectivity index (χ2n) is 13.4. The normalized spacial score (nSPS) is 20.2. The number of hydrogen-bond donors (Lipinski definition) is 2. The molecule has 4 aliphatic heterocycles. The zero-order valence-electron chi connectivity index (χ0n) is 27.4. The summed E-state index contributed by atoms with van der Waals surface area (Å²) in [6.07, 6.45) is 11.6. The largest absolute Gasteiger partial charge is 0.488 e. The molecule has 0 saturated carbocycles. The van der Waals surface area contributed by atoms with Gasteiger partial charge >= 0.3 is 0 Å². The minimum absolute atomic E-state index is 0.0267. The summed E-state index contributed by atoms with van der Waals surface area (Å²) in [4.78, 5) is 32.2. The summed E-state index contributed by atoms with van der Waals surface area (Å²) in [7, 11) is 2.10. The summed E-state index contributed by atoms with van der Waals surface area (Å²) in [5, 5.41) is 6.34. The molecule has 2 N–H and O–H groups in total. The Labute approximate surface area is 279 Å². The van der Waals surface area contributed by atoms with E-state index in [4.69, 9.17) is 14.2 Å². The first-order valence-corrected chi connectivity index (χ1v) is 17.3. The number of pyridine rings is 1. The van der Waals surface area contributed by atoms with Gasteiger partial charge in [0.25, 0.3) is 5.91 Å². The molecule has 1 amide bonds. The molecular weight excluding hydrogens is 613 g/mol. The van der Waals surface area contributed by atoms with Gasteiger partial charge in [0.1, 0.15) is 29.1 Å². The van der Waals surface area contributed by atoms with Gasteiger partial charge in [-0.15, -0.1) is 0 Å². The topological polar surface area (TPSA) is 97.3 Å². The van der Waals surface area contributed by atoms with Gasteiger partial charge in [0.15, 0.2) is 17.3 Å². The van der Waals surface area contributed by atoms with Crippen LogP contribution in [0.4, 0.5) is 10.1 Å². The number of likely N-dealkylation sites (tertiary alicyclic amines) is 1. The zero-order valence-corrected chi connectivity index (χ0v) is 27.4. The predicted molar refractivity (Wildman–Crippen MR) is 183 cm³/mol. The fourth-order valence-electron chi connectivity index (χ4n) is 7.77. The van der Waals surface area contributed by atoms with Crippen molar-refractivity contribution < 1.29 is 23.4 Å². The van der Waals surface area contributed by atoms with Gasteiger partial charge in [-0.3, -0.25) is 14.5 Å². The molecule has 8 rings (SSSR count). The molecule has 10 nitrogen and oxygen atoms in total. The van der Waals surface area contributed by atoms with Crippen LogP contribution >= 0.6 is 0 Å². The first-order chi connectivity index (χ1) is 23.5. The molecule has 2 saturated heterocycles. The number of amides is 1. The number of fused-ring (bicyclic) bond motifs is 4. The Morgan fingerprint density at radius 3 is 2.81 bits per heavy atom. The van der Waals surface area contributed by atoms with Crippen LogP contribution in [0.3, 0.4) is 0 Å². The van der Waals surface area contributed by atoms with Crippen molar-refractivity contribution in [1.29, 1.82) is 0 Å². The van der Waals surface area contributed by atoms with Crippen LogP contribution in [0.25, 0.3) is 22.2 Å². The van der Waals surface area contributed by atoms with E-state index in [1.807, 2.05) is 16.7 Å². The zero-order chi connectivity index (χ0) is 32.8. The third-order valence-corrected chi connectivity index (χ3v) is 10.4. The first kappa shape index (κ1) is 31.1. The summed E-state index contributed by atoms with van der Waals surface area (Å²) in [6.45, 7) is 6.58. The lowest BCUT2D eigenvalue weighted by atomic mass is 9.89. The predicted octanol–water partition coefficient (Wildman–Crippen LogP) is 5.08. The number of halogens is 1. The molecule has 2 aromatic carbocycles. The molecule has 2 fully saturated rings. The molecular formula is C37H42FN5O5. The van der Waals surface area contributed by atoms with Crippen LogP contribution in [-0.4, -0.2) is 92.5 Å². The molecule has 252 valence electrons. The van der Waals surface area contributed by atoms with Crippen molar-refractivity contribution in [3.05, 3.63) is 69.3 Å². The monoisotopic (exact) mass is 655 g/mol. The first-order valence-electron chi connectivity index (χ1n) is 17.3. The third kappa shape index (κ3) is 5.67. The number of aromatic nitrogens is 1. The van der Waals surface area contributed by atoms with Crippen molar-refractivity contribution in [3.63, 3.8) is 0 Å². The van der Waals surface area contributed by atoms with E-state index in [-0.39, 0.29) is 22.4 Å². The number of carbonyl (C=O) groups excluding carboxylic acids is 1. The highest BCUT2D eigenvalue weighted by atomic mass is 19.1. The van der Waals surface area contributed by atoms with E-state index in [1.54, 1.807) is 6.20 Å². The third-order valence-electron chi connectivity index (χ3n) is 10.4. The molecule has 1 aromatic heterocycles. The number of ether oxygens (including phenoxy) is 3. The van der Waals surface area contributed by atoms with Gasteiger partial charge in [-0.1, -0.05) is 12.2 Å². The molecule has 5 aliphatic rings. The molecule has 11 heteroatoms. The fraction of sp³-hybridized carbons (Fsp3) is 0.459. The molecule has 0 radical (unpaired) electrons. The highest BCUT2D eigenvalue weighted by molar-refractivity contribution is 6.01. The average Bonchev–Trinajstić information content (AvgIpc) is 3.52. The molecule has 0 spiro atoms. The van der Waals surface area contributed by atoms with Crippen LogP contribution in [0.1, 0.15) is 54.4 Å². The van der Waals surface area contributed by atoms with Crippen molar-refractivity contribution in [2.75, 3.05) is 71.5 Å². The summed E-state index contributed by atoms with van der Waals surface area (Å²) in [6, 6.07) is 5.52. The van der Waals surface area contributed by atoms with E-state index >= 15 is 4.39 Å². The van der Waals surface area contributed by atoms with Crippen molar-refractivity contribution in [1.82, 2.24) is 19.7 Å². The number of anilines is 1. The van der Waals surface area contributed by atoms with Gasteiger partial charge in [0, 0.05) is 50.0 Å². The molecule has 1 atom stereocenters. The highest BCUT2D eigenvalue weighted by Crippen LogP contribution is 2.49. The second kappa shape index (κ2) is 13.0. The number of nitrogens with one attached hydrogen (secondary N) is 2.